The fraction of sp³-hybridized carbons (Fsp3) is 0.680. The number of rotatable bonds is 4. The van der Waals surface area contributed by atoms with Crippen LogP contribution in [0.15, 0.2) is 18.2 Å². The lowest BCUT2D eigenvalue weighted by Gasteiger charge is -2.45. The Labute approximate surface area is 191 Å². The molecule has 0 saturated carbocycles. The molecule has 1 aromatic rings. The molecule has 1 spiro atoms. The molecule has 2 fully saturated rings. The molecule has 32 heavy (non-hydrogen) atoms. The lowest BCUT2D eigenvalue weighted by atomic mass is 9.74. The van der Waals surface area contributed by atoms with Crippen LogP contribution in [0.4, 0.5) is 14.9 Å². The number of carbonyl (C=O) groups is 2. The first kappa shape index (κ1) is 23.0. The van der Waals surface area contributed by atoms with Crippen molar-refractivity contribution in [2.24, 2.45) is 0 Å². The molecule has 3 heterocycles. The molecule has 0 radical (unpaired) electrons. The summed E-state index contributed by atoms with van der Waals surface area (Å²) in [5, 5.41) is 0. The summed E-state index contributed by atoms with van der Waals surface area (Å²) in [5.41, 5.74) is 1.68. The Kier molecular flexibility index (Phi) is 6.75. The van der Waals surface area contributed by atoms with Crippen molar-refractivity contribution in [3.05, 3.63) is 29.6 Å². The molecular weight excluding hydrogens is 407 g/mol. The maximum atomic E-state index is 14.2. The summed E-state index contributed by atoms with van der Waals surface area (Å²) < 4.78 is 14.2. The van der Waals surface area contributed by atoms with Crippen LogP contribution in [-0.2, 0) is 10.2 Å². The van der Waals surface area contributed by atoms with Crippen molar-refractivity contribution < 1.29 is 14.0 Å². The van der Waals surface area contributed by atoms with E-state index in [4.69, 9.17) is 0 Å². The number of likely N-dealkylation sites (tertiary alicyclic amines) is 2. The first-order valence-electron chi connectivity index (χ1n) is 12.2. The smallest absolute Gasteiger partial charge is 0.323 e. The molecule has 7 heteroatoms. The molecule has 3 aliphatic rings. The van der Waals surface area contributed by atoms with E-state index in [9.17, 15) is 14.0 Å². The minimum atomic E-state index is -0.232. The van der Waals surface area contributed by atoms with Crippen LogP contribution in [0.2, 0.25) is 0 Å². The summed E-state index contributed by atoms with van der Waals surface area (Å²) >= 11 is 0. The van der Waals surface area contributed by atoms with E-state index < -0.39 is 0 Å². The number of unbranched alkanes of at least 4 members (excludes halogenated alkanes) is 1. The molecule has 1 aromatic carbocycles. The Bertz CT molecular complexity index is 842. The van der Waals surface area contributed by atoms with Gasteiger partial charge in [0.15, 0.2) is 0 Å². The van der Waals surface area contributed by atoms with Gasteiger partial charge in [-0.1, -0.05) is 13.3 Å². The standard InChI is InChI=1S/C25H37FN4O2/c1-4-5-6-23(31)29-13-9-20(10-14-29)28-15-11-25(12-16-28)18-30(24(32)27(2)3)22-8-7-19(26)17-21(22)25/h7-8,17,20H,4-6,9-16,18H2,1-3H3. The molecule has 0 aliphatic carbocycles. The van der Waals surface area contributed by atoms with Crippen LogP contribution in [0.1, 0.15) is 57.4 Å². The van der Waals surface area contributed by atoms with Crippen LogP contribution in [0.5, 0.6) is 0 Å². The van der Waals surface area contributed by atoms with Crippen LogP contribution in [-0.4, -0.2) is 79.5 Å². The van der Waals surface area contributed by atoms with E-state index >= 15 is 0 Å². The summed E-state index contributed by atoms with van der Waals surface area (Å²) in [6.07, 6.45) is 6.62. The minimum Gasteiger partial charge on any atom is -0.343 e. The first-order chi connectivity index (χ1) is 15.3. The highest BCUT2D eigenvalue weighted by molar-refractivity contribution is 5.95. The first-order valence-corrected chi connectivity index (χ1v) is 12.2. The second-order valence-electron chi connectivity index (χ2n) is 9.96. The molecule has 3 aliphatic heterocycles. The van der Waals surface area contributed by atoms with Gasteiger partial charge in [-0.3, -0.25) is 9.69 Å². The van der Waals surface area contributed by atoms with Crippen LogP contribution in [0.3, 0.4) is 0 Å². The number of benzene rings is 1. The highest BCUT2D eigenvalue weighted by Gasteiger charge is 2.47. The SMILES string of the molecule is CCCCC(=O)N1CCC(N2CCC3(CC2)CN(C(=O)N(C)C)c2ccc(F)cc23)CC1. The van der Waals surface area contributed by atoms with Gasteiger partial charge in [-0.05, 0) is 69.0 Å². The second kappa shape index (κ2) is 9.38. The van der Waals surface area contributed by atoms with Gasteiger partial charge in [0.2, 0.25) is 5.91 Å². The topological polar surface area (TPSA) is 47.1 Å². The number of anilines is 1. The summed E-state index contributed by atoms with van der Waals surface area (Å²) in [6, 6.07) is 5.33. The maximum Gasteiger partial charge on any atom is 0.323 e. The zero-order valence-corrected chi connectivity index (χ0v) is 19.8. The lowest BCUT2D eigenvalue weighted by molar-refractivity contribution is -0.133. The van der Waals surface area contributed by atoms with Crippen molar-refractivity contribution in [2.75, 3.05) is 51.7 Å². The number of amides is 3. The van der Waals surface area contributed by atoms with E-state index in [1.54, 1.807) is 31.1 Å². The van der Waals surface area contributed by atoms with Gasteiger partial charge in [0.25, 0.3) is 0 Å². The quantitative estimate of drug-likeness (QED) is 0.709. The number of carbonyl (C=O) groups excluding carboxylic acids is 2. The predicted molar refractivity (Wildman–Crippen MR) is 124 cm³/mol. The molecule has 0 bridgehead atoms. The summed E-state index contributed by atoms with van der Waals surface area (Å²) in [5.74, 6) is 0.0722. The molecule has 3 amide bonds. The summed E-state index contributed by atoms with van der Waals surface area (Å²) in [6.45, 7) is 6.36. The van der Waals surface area contributed by atoms with E-state index in [-0.39, 0.29) is 17.3 Å². The second-order valence-corrected chi connectivity index (χ2v) is 9.96. The fourth-order valence-corrected chi connectivity index (χ4v) is 5.76. The van der Waals surface area contributed by atoms with Crippen LogP contribution < -0.4 is 4.90 Å². The third kappa shape index (κ3) is 4.36. The number of hydrogen-bond donors (Lipinski definition) is 0. The number of fused-ring (bicyclic) bond motifs is 2. The Balaban J connectivity index is 1.40. The number of urea groups is 1. The highest BCUT2D eigenvalue weighted by atomic mass is 19.1. The van der Waals surface area contributed by atoms with Crippen molar-refractivity contribution in [3.8, 4) is 0 Å². The Morgan fingerprint density at radius 3 is 2.44 bits per heavy atom. The number of nitrogens with zero attached hydrogens (tertiary/aromatic N) is 4. The largest absolute Gasteiger partial charge is 0.343 e. The van der Waals surface area contributed by atoms with Gasteiger partial charge in [-0.25, -0.2) is 9.18 Å². The molecule has 0 N–H and O–H groups in total. The van der Waals surface area contributed by atoms with Gasteiger partial charge >= 0.3 is 6.03 Å². The van der Waals surface area contributed by atoms with E-state index in [1.165, 1.54) is 6.07 Å². The van der Waals surface area contributed by atoms with E-state index in [0.29, 0.717) is 24.9 Å². The van der Waals surface area contributed by atoms with Crippen molar-refractivity contribution in [1.82, 2.24) is 14.7 Å². The van der Waals surface area contributed by atoms with E-state index in [2.05, 4.69) is 11.8 Å². The van der Waals surface area contributed by atoms with Gasteiger partial charge in [-0.15, -0.1) is 0 Å². The summed E-state index contributed by atoms with van der Waals surface area (Å²) in [7, 11) is 3.52. The van der Waals surface area contributed by atoms with Crippen molar-refractivity contribution in [2.45, 2.75) is 63.3 Å². The highest BCUT2D eigenvalue weighted by Crippen LogP contribution is 2.48. The Hall–Kier alpha value is -2.15. The lowest BCUT2D eigenvalue weighted by Crippen LogP contribution is -2.52. The van der Waals surface area contributed by atoms with Gasteiger partial charge < -0.3 is 14.7 Å². The van der Waals surface area contributed by atoms with E-state index in [1.807, 2.05) is 9.80 Å². The molecule has 0 aromatic heterocycles. The third-order valence-corrected chi connectivity index (χ3v) is 7.73. The minimum absolute atomic E-state index is 0.0442. The Morgan fingerprint density at radius 2 is 1.81 bits per heavy atom. The number of halogens is 1. The van der Waals surface area contributed by atoms with Gasteiger partial charge in [0.05, 0.1) is 0 Å². The van der Waals surface area contributed by atoms with Crippen molar-refractivity contribution in [1.29, 1.82) is 0 Å². The molecule has 176 valence electrons. The van der Waals surface area contributed by atoms with Crippen molar-refractivity contribution >= 4 is 17.6 Å². The fourth-order valence-electron chi connectivity index (χ4n) is 5.76. The van der Waals surface area contributed by atoms with Gasteiger partial charge in [-0.2, -0.15) is 0 Å². The average Bonchev–Trinajstić information content (AvgIpc) is 3.10. The number of hydrogen-bond acceptors (Lipinski definition) is 3. The molecule has 4 rings (SSSR count). The molecule has 2 saturated heterocycles. The third-order valence-electron chi connectivity index (χ3n) is 7.73. The predicted octanol–water partition coefficient (Wildman–Crippen LogP) is 3.84. The maximum absolute atomic E-state index is 14.2. The van der Waals surface area contributed by atoms with Crippen LogP contribution in [0.25, 0.3) is 0 Å². The number of piperidine rings is 2. The Morgan fingerprint density at radius 1 is 1.12 bits per heavy atom. The summed E-state index contributed by atoms with van der Waals surface area (Å²) in [4.78, 5) is 33.2. The molecule has 6 nitrogen and oxygen atoms in total. The van der Waals surface area contributed by atoms with Gasteiger partial charge in [0.1, 0.15) is 5.82 Å². The zero-order chi connectivity index (χ0) is 22.9. The van der Waals surface area contributed by atoms with Crippen LogP contribution in [0, 0.1) is 5.82 Å². The molecule has 0 unspecified atom stereocenters. The zero-order valence-electron chi connectivity index (χ0n) is 19.8. The van der Waals surface area contributed by atoms with Crippen molar-refractivity contribution in [3.63, 3.8) is 0 Å². The molecular formula is C25H37FN4O2. The van der Waals surface area contributed by atoms with Gasteiger partial charge in [0, 0.05) is 57.3 Å². The average molecular weight is 445 g/mol. The van der Waals surface area contributed by atoms with E-state index in [0.717, 1.165) is 76.0 Å². The normalized spacial score (nSPS) is 21.1. The monoisotopic (exact) mass is 444 g/mol. The molecule has 0 atom stereocenters. The van der Waals surface area contributed by atoms with Crippen LogP contribution >= 0.6 is 0 Å².